The van der Waals surface area contributed by atoms with Gasteiger partial charge in [0.15, 0.2) is 0 Å². The van der Waals surface area contributed by atoms with E-state index in [0.29, 0.717) is 11.3 Å². The predicted octanol–water partition coefficient (Wildman–Crippen LogP) is 6.32. The van der Waals surface area contributed by atoms with Crippen LogP contribution < -0.4 is 4.74 Å². The van der Waals surface area contributed by atoms with Gasteiger partial charge in [0.1, 0.15) is 5.75 Å². The highest BCUT2D eigenvalue weighted by atomic mass is 16.5. The maximum absolute atomic E-state index is 13.1. The van der Waals surface area contributed by atoms with E-state index in [4.69, 9.17) is 4.74 Å². The van der Waals surface area contributed by atoms with E-state index in [2.05, 4.69) is 33.9 Å². The minimum atomic E-state index is -0.376. The molecule has 2 heteroatoms. The third kappa shape index (κ3) is 4.60. The molecule has 0 fully saturated rings. The molecule has 0 heterocycles. The van der Waals surface area contributed by atoms with Gasteiger partial charge in [0.2, 0.25) is 0 Å². The molecule has 0 aliphatic heterocycles. The van der Waals surface area contributed by atoms with Gasteiger partial charge in [0, 0.05) is 0 Å². The summed E-state index contributed by atoms with van der Waals surface area (Å²) < 4.78 is 5.76. The summed E-state index contributed by atoms with van der Waals surface area (Å²) in [4.78, 5) is 13.1. The van der Waals surface area contributed by atoms with Crippen molar-refractivity contribution < 1.29 is 9.53 Å². The van der Waals surface area contributed by atoms with Gasteiger partial charge in [-0.25, -0.2) is 4.79 Å². The van der Waals surface area contributed by atoms with Crippen molar-refractivity contribution >= 4 is 23.7 Å². The van der Waals surface area contributed by atoms with E-state index in [9.17, 15) is 4.79 Å². The lowest BCUT2D eigenvalue weighted by Crippen LogP contribution is -2.15. The Balaban J connectivity index is 2.50. The van der Waals surface area contributed by atoms with Gasteiger partial charge in [-0.3, -0.25) is 0 Å². The molecule has 2 aromatic rings. The molecule has 0 radical (unpaired) electrons. The van der Waals surface area contributed by atoms with Crippen LogP contribution in [0.2, 0.25) is 0 Å². The summed E-state index contributed by atoms with van der Waals surface area (Å²) >= 11 is 0. The summed E-state index contributed by atoms with van der Waals surface area (Å²) in [5, 5.41) is 0. The minimum Gasteiger partial charge on any atom is -0.423 e. The van der Waals surface area contributed by atoms with E-state index in [1.54, 1.807) is 18.2 Å². The Morgan fingerprint density at radius 2 is 1.58 bits per heavy atom. The Morgan fingerprint density at radius 1 is 0.962 bits per heavy atom. The zero-order valence-corrected chi connectivity index (χ0v) is 16.0. The molecule has 26 heavy (non-hydrogen) atoms. The number of allylic oxidation sites excluding steroid dienone is 1. The second kappa shape index (κ2) is 8.01. The number of hydrogen-bond donors (Lipinski definition) is 0. The van der Waals surface area contributed by atoms with E-state index in [1.807, 2.05) is 49.4 Å². The molecule has 0 aromatic heterocycles. The van der Waals surface area contributed by atoms with Crippen molar-refractivity contribution in [2.45, 2.75) is 27.7 Å². The van der Waals surface area contributed by atoms with Crippen LogP contribution in [0.5, 0.6) is 5.75 Å². The monoisotopic (exact) mass is 346 g/mol. The highest BCUT2D eigenvalue weighted by Gasteiger charge is 2.21. The van der Waals surface area contributed by atoms with Crippen LogP contribution >= 0.6 is 0 Å². The fraction of sp³-hybridized carbons (Fsp3) is 0.208. The first-order chi connectivity index (χ1) is 12.3. The lowest BCUT2D eigenvalue weighted by atomic mass is 9.89. The van der Waals surface area contributed by atoms with Crippen molar-refractivity contribution in [2.75, 3.05) is 0 Å². The molecule has 0 saturated heterocycles. The number of esters is 1. The molecule has 0 unspecified atom stereocenters. The van der Waals surface area contributed by atoms with E-state index in [1.165, 1.54) is 0 Å². The number of rotatable bonds is 5. The van der Waals surface area contributed by atoms with Crippen LogP contribution in [0.3, 0.4) is 0 Å². The van der Waals surface area contributed by atoms with Gasteiger partial charge in [-0.05, 0) is 40.7 Å². The maximum Gasteiger partial charge on any atom is 0.343 e. The van der Waals surface area contributed by atoms with Crippen LogP contribution in [0.4, 0.5) is 0 Å². The van der Waals surface area contributed by atoms with Gasteiger partial charge in [-0.15, -0.1) is 0 Å². The minimum absolute atomic E-state index is 0.180. The van der Waals surface area contributed by atoms with Crippen molar-refractivity contribution in [3.05, 3.63) is 84.0 Å². The summed E-state index contributed by atoms with van der Waals surface area (Å²) in [7, 11) is 0. The molecule has 0 N–H and O–H groups in total. The number of carbonyl (C=O) groups is 1. The quantitative estimate of drug-likeness (QED) is 0.360. The Hall–Kier alpha value is -2.87. The molecule has 0 amide bonds. The second-order valence-corrected chi connectivity index (χ2v) is 7.28. The topological polar surface area (TPSA) is 26.3 Å². The molecule has 2 rings (SSSR count). The van der Waals surface area contributed by atoms with Gasteiger partial charge in [0.25, 0.3) is 0 Å². The third-order valence-corrected chi connectivity index (χ3v) is 4.02. The summed E-state index contributed by atoms with van der Waals surface area (Å²) in [6, 6.07) is 13.3. The Labute approximate surface area is 156 Å². The average Bonchev–Trinajstić information content (AvgIpc) is 2.60. The average molecular weight is 346 g/mol. The molecule has 0 spiro atoms. The fourth-order valence-electron chi connectivity index (χ4n) is 2.72. The number of hydrogen-bond acceptors (Lipinski definition) is 2. The molecular formula is C24H26O2. The highest BCUT2D eigenvalue weighted by molar-refractivity contribution is 6.18. The largest absolute Gasteiger partial charge is 0.423 e. The summed E-state index contributed by atoms with van der Waals surface area (Å²) in [5.74, 6) is 0.168. The van der Waals surface area contributed by atoms with Gasteiger partial charge in [-0.2, -0.15) is 0 Å². The lowest BCUT2D eigenvalue weighted by molar-refractivity contribution is -0.128. The van der Waals surface area contributed by atoms with Crippen LogP contribution in [0.25, 0.3) is 17.7 Å². The molecular weight excluding hydrogens is 320 g/mol. The van der Waals surface area contributed by atoms with Crippen molar-refractivity contribution in [1.29, 1.82) is 0 Å². The van der Waals surface area contributed by atoms with E-state index >= 15 is 0 Å². The van der Waals surface area contributed by atoms with Gasteiger partial charge in [0.05, 0.1) is 5.57 Å². The first kappa shape index (κ1) is 19.5. The zero-order valence-electron chi connectivity index (χ0n) is 16.0. The third-order valence-electron chi connectivity index (χ3n) is 4.02. The highest BCUT2D eigenvalue weighted by Crippen LogP contribution is 2.30. The van der Waals surface area contributed by atoms with Gasteiger partial charge in [-0.1, -0.05) is 88.6 Å². The molecule has 2 nitrogen and oxygen atoms in total. The van der Waals surface area contributed by atoms with Crippen molar-refractivity contribution in [3.63, 3.8) is 0 Å². The lowest BCUT2D eigenvalue weighted by Gasteiger charge is -2.18. The van der Waals surface area contributed by atoms with E-state index in [0.717, 1.165) is 22.3 Å². The maximum atomic E-state index is 13.1. The van der Waals surface area contributed by atoms with Gasteiger partial charge >= 0.3 is 5.97 Å². The molecule has 134 valence electrons. The molecule has 0 aliphatic rings. The first-order valence-electron chi connectivity index (χ1n) is 8.65. The number of ether oxygens (including phenoxy) is 1. The summed E-state index contributed by atoms with van der Waals surface area (Å²) in [6.07, 6.45) is 5.46. The van der Waals surface area contributed by atoms with Crippen molar-refractivity contribution in [3.8, 4) is 5.75 Å². The molecule has 2 aromatic carbocycles. The van der Waals surface area contributed by atoms with E-state index in [-0.39, 0.29) is 11.4 Å². The summed E-state index contributed by atoms with van der Waals surface area (Å²) in [5.41, 5.74) is 3.92. The molecule has 0 saturated carbocycles. The smallest absolute Gasteiger partial charge is 0.343 e. The SMILES string of the molecule is C=Cc1ccccc1/C(=C/C(C)(C)C)C(=O)Oc1cccc(C=C)c1C. The van der Waals surface area contributed by atoms with E-state index < -0.39 is 0 Å². The Kier molecular flexibility index (Phi) is 5.99. The van der Waals surface area contributed by atoms with Crippen LogP contribution in [0.15, 0.2) is 61.7 Å². The standard InChI is InChI=1S/C24H26O2/c1-7-18-13-11-15-22(17(18)3)26-23(25)21(16-24(4,5)6)20-14-10-9-12-19(20)8-2/h7-16H,1-2H2,3-6H3/b21-16-. The first-order valence-corrected chi connectivity index (χ1v) is 8.65. The fourth-order valence-corrected chi connectivity index (χ4v) is 2.72. The Bertz CT molecular complexity index is 864. The number of benzene rings is 2. The zero-order chi connectivity index (χ0) is 19.3. The molecule has 0 atom stereocenters. The normalized spacial score (nSPS) is 11.8. The van der Waals surface area contributed by atoms with Crippen LogP contribution in [-0.4, -0.2) is 5.97 Å². The Morgan fingerprint density at radius 3 is 2.19 bits per heavy atom. The van der Waals surface area contributed by atoms with Crippen LogP contribution in [-0.2, 0) is 4.79 Å². The summed E-state index contributed by atoms with van der Waals surface area (Å²) in [6.45, 7) is 15.8. The van der Waals surface area contributed by atoms with Crippen molar-refractivity contribution in [1.82, 2.24) is 0 Å². The van der Waals surface area contributed by atoms with Crippen LogP contribution in [0, 0.1) is 12.3 Å². The number of carbonyl (C=O) groups excluding carboxylic acids is 1. The molecule has 0 aliphatic carbocycles. The van der Waals surface area contributed by atoms with Crippen molar-refractivity contribution in [2.24, 2.45) is 5.41 Å². The second-order valence-electron chi connectivity index (χ2n) is 7.28. The molecule has 0 bridgehead atoms. The van der Waals surface area contributed by atoms with Crippen LogP contribution in [0.1, 0.15) is 43.0 Å². The van der Waals surface area contributed by atoms with Gasteiger partial charge < -0.3 is 4.74 Å². The predicted molar refractivity (Wildman–Crippen MR) is 111 cm³/mol.